The highest BCUT2D eigenvalue weighted by Gasteiger charge is 2.46. The largest absolute Gasteiger partial charge is 0.272 e. The number of carbonyl (C=O) groups is 2. The van der Waals surface area contributed by atoms with Gasteiger partial charge in [0.05, 0.1) is 0 Å². The fourth-order valence-corrected chi connectivity index (χ4v) is 4.01. The smallest absolute Gasteiger partial charge is 0.253 e. The van der Waals surface area contributed by atoms with E-state index in [1.54, 1.807) is 0 Å². The van der Waals surface area contributed by atoms with Crippen LogP contribution in [-0.4, -0.2) is 22.8 Å². The third kappa shape index (κ3) is 2.00. The summed E-state index contributed by atoms with van der Waals surface area (Å²) in [6.45, 7) is 6.62. The second kappa shape index (κ2) is 5.25. The predicted molar refractivity (Wildman–Crippen MR) is 70.7 cm³/mol. The maximum atomic E-state index is 11.8. The summed E-state index contributed by atoms with van der Waals surface area (Å²) in [6.07, 6.45) is 7.17. The number of imide groups is 1. The van der Waals surface area contributed by atoms with Gasteiger partial charge in [0.25, 0.3) is 11.8 Å². The molecule has 0 bridgehead atoms. The van der Waals surface area contributed by atoms with Crippen LogP contribution in [0.4, 0.5) is 0 Å². The molecule has 4 atom stereocenters. The van der Waals surface area contributed by atoms with Gasteiger partial charge in [-0.2, -0.15) is 0 Å². The van der Waals surface area contributed by atoms with E-state index in [-0.39, 0.29) is 17.9 Å². The van der Waals surface area contributed by atoms with Gasteiger partial charge in [0.15, 0.2) is 0 Å². The van der Waals surface area contributed by atoms with Gasteiger partial charge in [-0.1, -0.05) is 40.0 Å². The van der Waals surface area contributed by atoms with Gasteiger partial charge >= 0.3 is 0 Å². The van der Waals surface area contributed by atoms with E-state index in [1.807, 2.05) is 0 Å². The van der Waals surface area contributed by atoms with Crippen LogP contribution in [0, 0.1) is 17.8 Å². The highest BCUT2D eigenvalue weighted by Crippen LogP contribution is 2.45. The summed E-state index contributed by atoms with van der Waals surface area (Å²) in [5, 5.41) is 0. The Hall–Kier alpha value is -1.12. The molecule has 1 aliphatic heterocycles. The molecule has 0 aromatic rings. The van der Waals surface area contributed by atoms with E-state index >= 15 is 0 Å². The van der Waals surface area contributed by atoms with Crippen molar-refractivity contribution in [3.05, 3.63) is 12.2 Å². The van der Waals surface area contributed by atoms with E-state index < -0.39 is 0 Å². The molecule has 3 heteroatoms. The minimum absolute atomic E-state index is 0.116. The molecule has 2 rings (SSSR count). The van der Waals surface area contributed by atoms with Gasteiger partial charge in [0.1, 0.15) is 0 Å². The van der Waals surface area contributed by atoms with E-state index in [0.29, 0.717) is 17.8 Å². The monoisotopic (exact) mass is 249 g/mol. The Bertz CT molecular complexity index is 357. The fraction of sp³-hybridized carbons (Fsp3) is 0.733. The first-order valence-electron chi connectivity index (χ1n) is 7.19. The Kier molecular flexibility index (Phi) is 3.88. The van der Waals surface area contributed by atoms with E-state index in [2.05, 4.69) is 20.8 Å². The van der Waals surface area contributed by atoms with Gasteiger partial charge in [-0.3, -0.25) is 14.5 Å². The third-order valence-electron chi connectivity index (χ3n) is 4.84. The standard InChI is InChI=1S/C15H23NO2/c1-4-10-9-13(12(6-3)11(10)5-2)16-14(17)7-8-15(16)18/h7-8,10-13H,4-6,9H2,1-3H3/t10-,11-,12-,13-/m0/s1. The Balaban J connectivity index is 2.22. The van der Waals surface area contributed by atoms with E-state index in [4.69, 9.17) is 0 Å². The molecule has 1 fully saturated rings. The first kappa shape index (κ1) is 13.3. The number of hydrogen-bond donors (Lipinski definition) is 0. The number of amides is 2. The van der Waals surface area contributed by atoms with Gasteiger partial charge in [0, 0.05) is 18.2 Å². The Morgan fingerprint density at radius 2 is 1.56 bits per heavy atom. The summed E-state index contributed by atoms with van der Waals surface area (Å²) in [5.74, 6) is 1.57. The second-order valence-electron chi connectivity index (χ2n) is 5.50. The molecule has 100 valence electrons. The summed E-state index contributed by atoms with van der Waals surface area (Å²) in [5.41, 5.74) is 0. The van der Waals surface area contributed by atoms with E-state index in [9.17, 15) is 9.59 Å². The van der Waals surface area contributed by atoms with Gasteiger partial charge in [0.2, 0.25) is 0 Å². The molecule has 0 N–H and O–H groups in total. The molecule has 3 nitrogen and oxygen atoms in total. The van der Waals surface area contributed by atoms with Gasteiger partial charge in [-0.15, -0.1) is 0 Å². The number of nitrogens with zero attached hydrogens (tertiary/aromatic N) is 1. The lowest BCUT2D eigenvalue weighted by molar-refractivity contribution is -0.140. The normalized spacial score (nSPS) is 35.8. The van der Waals surface area contributed by atoms with Crippen LogP contribution in [0.2, 0.25) is 0 Å². The molecule has 1 saturated carbocycles. The maximum absolute atomic E-state index is 11.8. The van der Waals surface area contributed by atoms with Crippen molar-refractivity contribution < 1.29 is 9.59 Å². The molecule has 0 spiro atoms. The van der Waals surface area contributed by atoms with E-state index in [1.165, 1.54) is 17.1 Å². The molecule has 0 aromatic heterocycles. The van der Waals surface area contributed by atoms with Crippen molar-refractivity contribution in [3.63, 3.8) is 0 Å². The SMILES string of the molecule is CC[C@H]1C[C@H](N2C(=O)C=CC2=O)[C@@H](CC)[C@H]1CC. The van der Waals surface area contributed by atoms with Crippen LogP contribution in [0.1, 0.15) is 46.5 Å². The number of carbonyl (C=O) groups excluding carboxylic acids is 2. The topological polar surface area (TPSA) is 37.4 Å². The third-order valence-corrected chi connectivity index (χ3v) is 4.84. The van der Waals surface area contributed by atoms with Crippen LogP contribution in [0.25, 0.3) is 0 Å². The Morgan fingerprint density at radius 3 is 2.00 bits per heavy atom. The minimum atomic E-state index is -0.116. The first-order valence-corrected chi connectivity index (χ1v) is 7.19. The van der Waals surface area contributed by atoms with Gasteiger partial charge in [-0.05, 0) is 24.2 Å². The highest BCUT2D eigenvalue weighted by molar-refractivity contribution is 6.13. The molecule has 1 aliphatic carbocycles. The number of rotatable bonds is 4. The lowest BCUT2D eigenvalue weighted by Crippen LogP contribution is -2.42. The molecular formula is C15H23NO2. The predicted octanol–water partition coefficient (Wildman–Crippen LogP) is 2.76. The van der Waals surface area contributed by atoms with Crippen LogP contribution in [-0.2, 0) is 9.59 Å². The Morgan fingerprint density at radius 1 is 1.00 bits per heavy atom. The van der Waals surface area contributed by atoms with Crippen molar-refractivity contribution in [2.24, 2.45) is 17.8 Å². The average molecular weight is 249 g/mol. The summed E-state index contributed by atoms with van der Waals surface area (Å²) in [6, 6.07) is 0.125. The zero-order valence-corrected chi connectivity index (χ0v) is 11.6. The fourth-order valence-electron chi connectivity index (χ4n) is 4.01. The lowest BCUT2D eigenvalue weighted by Gasteiger charge is -2.29. The molecule has 2 amide bonds. The van der Waals surface area contributed by atoms with E-state index in [0.717, 1.165) is 25.7 Å². The molecule has 0 saturated heterocycles. The van der Waals surface area contributed by atoms with Crippen LogP contribution >= 0.6 is 0 Å². The van der Waals surface area contributed by atoms with Crippen molar-refractivity contribution in [2.75, 3.05) is 0 Å². The zero-order chi connectivity index (χ0) is 13.3. The lowest BCUT2D eigenvalue weighted by atomic mass is 9.84. The molecule has 1 heterocycles. The molecular weight excluding hydrogens is 226 g/mol. The van der Waals surface area contributed by atoms with Crippen LogP contribution < -0.4 is 0 Å². The summed E-state index contributed by atoms with van der Waals surface area (Å²) >= 11 is 0. The van der Waals surface area contributed by atoms with Crippen molar-refractivity contribution in [1.82, 2.24) is 4.90 Å². The molecule has 0 unspecified atom stereocenters. The summed E-state index contributed by atoms with van der Waals surface area (Å²) < 4.78 is 0. The van der Waals surface area contributed by atoms with Crippen molar-refractivity contribution >= 4 is 11.8 Å². The minimum Gasteiger partial charge on any atom is -0.272 e. The van der Waals surface area contributed by atoms with Crippen molar-refractivity contribution in [1.29, 1.82) is 0 Å². The summed E-state index contributed by atoms with van der Waals surface area (Å²) in [7, 11) is 0. The highest BCUT2D eigenvalue weighted by atomic mass is 16.2. The first-order chi connectivity index (χ1) is 8.63. The molecule has 2 aliphatic rings. The van der Waals surface area contributed by atoms with Crippen molar-refractivity contribution in [3.8, 4) is 0 Å². The van der Waals surface area contributed by atoms with Crippen molar-refractivity contribution in [2.45, 2.75) is 52.5 Å². The van der Waals surface area contributed by atoms with Crippen LogP contribution in [0.15, 0.2) is 12.2 Å². The quantitative estimate of drug-likeness (QED) is 0.718. The van der Waals surface area contributed by atoms with Crippen LogP contribution in [0.5, 0.6) is 0 Å². The maximum Gasteiger partial charge on any atom is 0.253 e. The molecule has 0 radical (unpaired) electrons. The molecule has 18 heavy (non-hydrogen) atoms. The Labute approximate surface area is 109 Å². The van der Waals surface area contributed by atoms with Crippen LogP contribution in [0.3, 0.4) is 0 Å². The molecule has 0 aromatic carbocycles. The summed E-state index contributed by atoms with van der Waals surface area (Å²) in [4.78, 5) is 25.2. The number of hydrogen-bond acceptors (Lipinski definition) is 2. The zero-order valence-electron chi connectivity index (χ0n) is 11.6. The van der Waals surface area contributed by atoms with Gasteiger partial charge in [-0.25, -0.2) is 0 Å². The van der Waals surface area contributed by atoms with Gasteiger partial charge < -0.3 is 0 Å². The average Bonchev–Trinajstić information content (AvgIpc) is 2.88. The second-order valence-corrected chi connectivity index (χ2v) is 5.50.